The molecule has 1 unspecified atom stereocenters. The Labute approximate surface area is 117 Å². The van der Waals surface area contributed by atoms with E-state index in [1.54, 1.807) is 6.07 Å². The minimum absolute atomic E-state index is 0.235. The molecular weight excluding hydrogens is 255 g/mol. The van der Waals surface area contributed by atoms with Gasteiger partial charge in [-0.05, 0) is 49.2 Å². The normalized spacial score (nSPS) is 21.2. The number of benzene rings is 2. The molecule has 0 fully saturated rings. The van der Waals surface area contributed by atoms with Crippen molar-refractivity contribution in [2.75, 3.05) is 0 Å². The van der Waals surface area contributed by atoms with Crippen molar-refractivity contribution in [2.45, 2.75) is 32.5 Å². The molecule has 2 nitrogen and oxygen atoms in total. The van der Waals surface area contributed by atoms with Crippen LogP contribution in [0.5, 0.6) is 5.75 Å². The van der Waals surface area contributed by atoms with Gasteiger partial charge in [0.25, 0.3) is 0 Å². The van der Waals surface area contributed by atoms with Crippen molar-refractivity contribution < 1.29 is 14.2 Å². The summed E-state index contributed by atoms with van der Waals surface area (Å²) in [6.45, 7) is 3.85. The number of halogens is 1. The molecule has 0 aromatic heterocycles. The molecule has 2 aromatic rings. The van der Waals surface area contributed by atoms with E-state index in [9.17, 15) is 9.50 Å². The Kier molecular flexibility index (Phi) is 3.22. The highest BCUT2D eigenvalue weighted by atomic mass is 19.1. The van der Waals surface area contributed by atoms with E-state index < -0.39 is 6.10 Å². The lowest BCUT2D eigenvalue weighted by molar-refractivity contribution is 0.0653. The fraction of sp³-hybridized carbons (Fsp3) is 0.294. The third-order valence-electron chi connectivity index (χ3n) is 3.81. The predicted octanol–water partition coefficient (Wildman–Crippen LogP) is 4.00. The number of hydrogen-bond donors (Lipinski definition) is 1. The Morgan fingerprint density at radius 3 is 2.65 bits per heavy atom. The van der Waals surface area contributed by atoms with Crippen LogP contribution in [0.3, 0.4) is 0 Å². The Morgan fingerprint density at radius 2 is 1.90 bits per heavy atom. The van der Waals surface area contributed by atoms with Crippen molar-refractivity contribution in [1.29, 1.82) is 0 Å². The van der Waals surface area contributed by atoms with Gasteiger partial charge in [-0.1, -0.05) is 17.7 Å². The van der Waals surface area contributed by atoms with Gasteiger partial charge in [0.1, 0.15) is 17.7 Å². The summed E-state index contributed by atoms with van der Waals surface area (Å²) in [5, 5.41) is 10.3. The van der Waals surface area contributed by atoms with Gasteiger partial charge < -0.3 is 9.84 Å². The maximum atomic E-state index is 13.2. The van der Waals surface area contributed by atoms with Crippen LogP contribution in [0.1, 0.15) is 40.9 Å². The largest absolute Gasteiger partial charge is 0.485 e. The minimum atomic E-state index is -0.548. The molecule has 0 saturated heterocycles. The van der Waals surface area contributed by atoms with Gasteiger partial charge in [0.2, 0.25) is 0 Å². The highest BCUT2D eigenvalue weighted by Gasteiger charge is 2.28. The van der Waals surface area contributed by atoms with Gasteiger partial charge >= 0.3 is 0 Å². The van der Waals surface area contributed by atoms with Crippen molar-refractivity contribution in [3.63, 3.8) is 0 Å². The van der Waals surface area contributed by atoms with E-state index in [1.165, 1.54) is 12.1 Å². The lowest BCUT2D eigenvalue weighted by Gasteiger charge is -2.31. The number of hydrogen-bond acceptors (Lipinski definition) is 2. The second-order valence-electron chi connectivity index (χ2n) is 5.40. The zero-order chi connectivity index (χ0) is 14.3. The van der Waals surface area contributed by atoms with E-state index in [2.05, 4.69) is 0 Å². The second kappa shape index (κ2) is 4.91. The lowest BCUT2D eigenvalue weighted by atomic mass is 9.92. The summed E-state index contributed by atoms with van der Waals surface area (Å²) in [5.74, 6) is 0.460. The van der Waals surface area contributed by atoms with Crippen LogP contribution in [-0.2, 0) is 0 Å². The SMILES string of the molecule is Cc1ccc2c(c1)[C@@H](O)CC(c1ccc(F)cc1C)O2. The maximum absolute atomic E-state index is 13.2. The van der Waals surface area contributed by atoms with Crippen LogP contribution >= 0.6 is 0 Å². The maximum Gasteiger partial charge on any atom is 0.127 e. The number of aliphatic hydroxyl groups excluding tert-OH is 1. The summed E-state index contributed by atoms with van der Waals surface area (Å²) in [7, 11) is 0. The zero-order valence-corrected chi connectivity index (χ0v) is 11.6. The predicted molar refractivity (Wildman–Crippen MR) is 75.3 cm³/mol. The molecule has 1 aliphatic heterocycles. The minimum Gasteiger partial charge on any atom is -0.485 e. The Morgan fingerprint density at radius 1 is 1.10 bits per heavy atom. The van der Waals surface area contributed by atoms with Crippen molar-refractivity contribution in [2.24, 2.45) is 0 Å². The fourth-order valence-electron chi connectivity index (χ4n) is 2.76. The molecule has 0 amide bonds. The van der Waals surface area contributed by atoms with Gasteiger partial charge in [0, 0.05) is 12.0 Å². The molecular formula is C17H17FO2. The molecule has 3 heteroatoms. The third kappa shape index (κ3) is 2.29. The first-order valence-electron chi connectivity index (χ1n) is 6.76. The number of rotatable bonds is 1. The standard InChI is InChI=1S/C17H17FO2/c1-10-3-6-16-14(7-10)15(19)9-17(20-16)13-5-4-12(18)8-11(13)2/h3-8,15,17,19H,9H2,1-2H3/t15-,17?/m0/s1. The van der Waals surface area contributed by atoms with Crippen LogP contribution in [0.4, 0.5) is 4.39 Å². The van der Waals surface area contributed by atoms with Crippen molar-refractivity contribution in [3.05, 3.63) is 64.5 Å². The quantitative estimate of drug-likeness (QED) is 0.850. The molecule has 1 heterocycles. The van der Waals surface area contributed by atoms with E-state index in [4.69, 9.17) is 4.74 Å². The molecule has 2 atom stereocenters. The molecule has 0 spiro atoms. The molecule has 1 aliphatic rings. The molecule has 104 valence electrons. The van der Waals surface area contributed by atoms with Gasteiger partial charge in [0.15, 0.2) is 0 Å². The third-order valence-corrected chi connectivity index (χ3v) is 3.81. The van der Waals surface area contributed by atoms with E-state index in [0.29, 0.717) is 12.2 Å². The van der Waals surface area contributed by atoms with Crippen molar-refractivity contribution >= 4 is 0 Å². The fourth-order valence-corrected chi connectivity index (χ4v) is 2.76. The summed E-state index contributed by atoms with van der Waals surface area (Å²) < 4.78 is 19.2. The first kappa shape index (κ1) is 13.1. The average molecular weight is 272 g/mol. The van der Waals surface area contributed by atoms with Crippen LogP contribution in [0.15, 0.2) is 36.4 Å². The molecule has 1 N–H and O–H groups in total. The zero-order valence-electron chi connectivity index (χ0n) is 11.6. The van der Waals surface area contributed by atoms with E-state index in [0.717, 1.165) is 22.3 Å². The summed E-state index contributed by atoms with van der Waals surface area (Å²) in [6.07, 6.45) is -0.294. The second-order valence-corrected chi connectivity index (χ2v) is 5.40. The van der Waals surface area contributed by atoms with Crippen LogP contribution in [0.25, 0.3) is 0 Å². The molecule has 0 saturated carbocycles. The Hall–Kier alpha value is -1.87. The van der Waals surface area contributed by atoms with E-state index in [1.807, 2.05) is 32.0 Å². The Balaban J connectivity index is 1.97. The first-order chi connectivity index (χ1) is 9.54. The van der Waals surface area contributed by atoms with E-state index in [-0.39, 0.29) is 11.9 Å². The number of aliphatic hydroxyl groups is 1. The number of ether oxygens (including phenoxy) is 1. The average Bonchev–Trinajstić information content (AvgIpc) is 2.39. The summed E-state index contributed by atoms with van der Waals surface area (Å²) in [6, 6.07) is 10.5. The summed E-state index contributed by atoms with van der Waals surface area (Å²) in [4.78, 5) is 0. The van der Waals surface area contributed by atoms with Crippen LogP contribution in [0, 0.1) is 19.7 Å². The van der Waals surface area contributed by atoms with Crippen LogP contribution < -0.4 is 4.74 Å². The van der Waals surface area contributed by atoms with Gasteiger partial charge in [-0.2, -0.15) is 0 Å². The molecule has 2 aromatic carbocycles. The first-order valence-corrected chi connectivity index (χ1v) is 6.76. The monoisotopic (exact) mass is 272 g/mol. The number of fused-ring (bicyclic) bond motifs is 1. The van der Waals surface area contributed by atoms with Gasteiger partial charge in [-0.3, -0.25) is 0 Å². The molecule has 20 heavy (non-hydrogen) atoms. The van der Waals surface area contributed by atoms with E-state index >= 15 is 0 Å². The van der Waals surface area contributed by atoms with Gasteiger partial charge in [-0.25, -0.2) is 4.39 Å². The van der Waals surface area contributed by atoms with Gasteiger partial charge in [0.05, 0.1) is 6.10 Å². The smallest absolute Gasteiger partial charge is 0.127 e. The highest BCUT2D eigenvalue weighted by molar-refractivity contribution is 5.42. The molecule has 0 bridgehead atoms. The van der Waals surface area contributed by atoms with Crippen molar-refractivity contribution in [1.82, 2.24) is 0 Å². The topological polar surface area (TPSA) is 29.5 Å². The summed E-state index contributed by atoms with van der Waals surface area (Å²) >= 11 is 0. The van der Waals surface area contributed by atoms with Crippen molar-refractivity contribution in [3.8, 4) is 5.75 Å². The van der Waals surface area contributed by atoms with Crippen LogP contribution in [-0.4, -0.2) is 5.11 Å². The summed E-state index contributed by atoms with van der Waals surface area (Å²) in [5.41, 5.74) is 3.71. The lowest BCUT2D eigenvalue weighted by Crippen LogP contribution is -2.20. The number of aryl methyl sites for hydroxylation is 2. The Bertz CT molecular complexity index is 651. The molecule has 3 rings (SSSR count). The molecule has 0 radical (unpaired) electrons. The van der Waals surface area contributed by atoms with Gasteiger partial charge in [-0.15, -0.1) is 0 Å². The highest BCUT2D eigenvalue weighted by Crippen LogP contribution is 2.41. The molecule has 0 aliphatic carbocycles. The van der Waals surface area contributed by atoms with Crippen LogP contribution in [0.2, 0.25) is 0 Å².